The molecule has 0 aliphatic rings. The van der Waals surface area contributed by atoms with Crippen LogP contribution in [0.4, 0.5) is 0 Å². The van der Waals surface area contributed by atoms with E-state index in [1.165, 1.54) is 0 Å². The fraction of sp³-hybridized carbons (Fsp3) is 0.533. The van der Waals surface area contributed by atoms with Gasteiger partial charge in [-0.2, -0.15) is 5.10 Å². The molecule has 0 saturated carbocycles. The topological polar surface area (TPSA) is 63.7 Å². The van der Waals surface area contributed by atoms with Gasteiger partial charge >= 0.3 is 0 Å². The maximum atomic E-state index is 10.7. The zero-order valence-electron chi connectivity index (χ0n) is 13.3. The van der Waals surface area contributed by atoms with E-state index in [1.54, 1.807) is 18.0 Å². The predicted octanol–water partition coefficient (Wildman–Crippen LogP) is 1.74. The van der Waals surface area contributed by atoms with E-state index in [0.29, 0.717) is 23.7 Å². The molecular formula is C15H23N3O3. The van der Waals surface area contributed by atoms with Crippen molar-refractivity contribution >= 4 is 0 Å². The molecule has 0 spiro atoms. The molecule has 6 heteroatoms. The van der Waals surface area contributed by atoms with Crippen LogP contribution in [0.2, 0.25) is 0 Å². The van der Waals surface area contributed by atoms with Crippen LogP contribution in [0.5, 0.6) is 5.75 Å². The molecule has 6 nitrogen and oxygen atoms in total. The maximum Gasteiger partial charge on any atom is 0.163 e. The largest absolute Gasteiger partial charge is 0.493 e. The molecule has 0 aromatic carbocycles. The minimum atomic E-state index is -0.818. The molecule has 21 heavy (non-hydrogen) atoms. The molecule has 0 aliphatic carbocycles. The monoisotopic (exact) mass is 293 g/mol. The van der Waals surface area contributed by atoms with Gasteiger partial charge in [0.2, 0.25) is 0 Å². The molecule has 0 radical (unpaired) electrons. The lowest BCUT2D eigenvalue weighted by atomic mass is 10.1. The van der Waals surface area contributed by atoms with Gasteiger partial charge in [0.1, 0.15) is 23.3 Å². The number of rotatable bonds is 6. The number of methoxy groups -OCH3 is 1. The molecule has 1 atom stereocenters. The second-order valence-corrected chi connectivity index (χ2v) is 5.40. The van der Waals surface area contributed by atoms with Gasteiger partial charge in [0.05, 0.1) is 19.9 Å². The van der Waals surface area contributed by atoms with Crippen LogP contribution in [0, 0.1) is 13.8 Å². The van der Waals surface area contributed by atoms with E-state index in [-0.39, 0.29) is 0 Å². The summed E-state index contributed by atoms with van der Waals surface area (Å²) >= 11 is 0. The Balaban J connectivity index is 2.36. The van der Waals surface area contributed by atoms with Crippen LogP contribution < -0.4 is 4.74 Å². The number of aliphatic hydroxyl groups excluding tert-OH is 1. The third-order valence-electron chi connectivity index (χ3n) is 3.46. The van der Waals surface area contributed by atoms with Crippen molar-refractivity contribution in [2.75, 3.05) is 27.7 Å². The standard InChI is InChI=1S/C15H23N3O3/c1-10-8-12(11(2)21-10)15(19)14-13(20-5)9-16-18(14)7-6-17(3)4/h8-9,15,19H,6-7H2,1-5H3. The fourth-order valence-corrected chi connectivity index (χ4v) is 2.35. The third-order valence-corrected chi connectivity index (χ3v) is 3.46. The summed E-state index contributed by atoms with van der Waals surface area (Å²) in [4.78, 5) is 2.07. The summed E-state index contributed by atoms with van der Waals surface area (Å²) in [6.07, 6.45) is 0.818. The van der Waals surface area contributed by atoms with E-state index in [2.05, 4.69) is 10.00 Å². The highest BCUT2D eigenvalue weighted by molar-refractivity contribution is 5.36. The zero-order valence-corrected chi connectivity index (χ0v) is 13.3. The Morgan fingerprint density at radius 2 is 2.14 bits per heavy atom. The van der Waals surface area contributed by atoms with Crippen LogP contribution in [0.15, 0.2) is 16.7 Å². The highest BCUT2D eigenvalue weighted by Gasteiger charge is 2.24. The van der Waals surface area contributed by atoms with Crippen molar-refractivity contribution in [3.05, 3.63) is 35.0 Å². The van der Waals surface area contributed by atoms with Crippen LogP contribution in [-0.2, 0) is 6.54 Å². The normalized spacial score (nSPS) is 12.9. The Morgan fingerprint density at radius 1 is 1.43 bits per heavy atom. The average Bonchev–Trinajstić information content (AvgIpc) is 2.98. The van der Waals surface area contributed by atoms with E-state index in [4.69, 9.17) is 9.15 Å². The minimum absolute atomic E-state index is 0.583. The Labute approximate surface area is 124 Å². The van der Waals surface area contributed by atoms with Crippen LogP contribution in [0.1, 0.15) is 28.9 Å². The molecule has 0 aliphatic heterocycles. The van der Waals surface area contributed by atoms with Gasteiger partial charge < -0.3 is 19.2 Å². The average molecular weight is 293 g/mol. The van der Waals surface area contributed by atoms with Gasteiger partial charge in [0.25, 0.3) is 0 Å². The number of hydrogen-bond acceptors (Lipinski definition) is 5. The molecule has 116 valence electrons. The molecule has 2 rings (SSSR count). The van der Waals surface area contributed by atoms with E-state index >= 15 is 0 Å². The molecule has 0 bridgehead atoms. The van der Waals surface area contributed by atoms with E-state index in [9.17, 15) is 5.11 Å². The lowest BCUT2D eigenvalue weighted by Gasteiger charge is -2.16. The Kier molecular flexibility index (Phi) is 4.69. The molecule has 2 heterocycles. The lowest BCUT2D eigenvalue weighted by molar-refractivity contribution is 0.198. The Morgan fingerprint density at radius 3 is 2.67 bits per heavy atom. The molecule has 1 N–H and O–H groups in total. The molecule has 0 amide bonds. The third kappa shape index (κ3) is 3.28. The van der Waals surface area contributed by atoms with Gasteiger partial charge in [-0.15, -0.1) is 0 Å². The van der Waals surface area contributed by atoms with Crippen LogP contribution >= 0.6 is 0 Å². The quantitative estimate of drug-likeness (QED) is 0.879. The first-order chi connectivity index (χ1) is 9.93. The van der Waals surface area contributed by atoms with Crippen molar-refractivity contribution in [1.29, 1.82) is 0 Å². The first kappa shape index (κ1) is 15.6. The van der Waals surface area contributed by atoms with E-state index in [1.807, 2.05) is 34.0 Å². The molecular weight excluding hydrogens is 270 g/mol. The van der Waals surface area contributed by atoms with Gasteiger partial charge in [-0.3, -0.25) is 4.68 Å². The number of aryl methyl sites for hydroxylation is 2. The molecule has 0 saturated heterocycles. The van der Waals surface area contributed by atoms with Crippen molar-refractivity contribution in [1.82, 2.24) is 14.7 Å². The Hall–Kier alpha value is -1.79. The summed E-state index contributed by atoms with van der Waals surface area (Å²) in [5.41, 5.74) is 1.40. The maximum absolute atomic E-state index is 10.7. The summed E-state index contributed by atoms with van der Waals surface area (Å²) in [7, 11) is 5.58. The van der Waals surface area contributed by atoms with Gasteiger partial charge in [-0.25, -0.2) is 0 Å². The van der Waals surface area contributed by atoms with E-state index < -0.39 is 6.10 Å². The summed E-state index contributed by atoms with van der Waals surface area (Å²) in [6.45, 7) is 5.22. The number of likely N-dealkylation sites (N-methyl/N-ethyl adjacent to an activating group) is 1. The van der Waals surface area contributed by atoms with Crippen molar-refractivity contribution in [2.45, 2.75) is 26.5 Å². The van der Waals surface area contributed by atoms with Crippen molar-refractivity contribution < 1.29 is 14.3 Å². The zero-order chi connectivity index (χ0) is 15.6. The van der Waals surface area contributed by atoms with Crippen LogP contribution in [-0.4, -0.2) is 47.5 Å². The number of nitrogens with zero attached hydrogens (tertiary/aromatic N) is 3. The minimum Gasteiger partial charge on any atom is -0.493 e. The summed E-state index contributed by atoms with van der Waals surface area (Å²) in [5, 5.41) is 15.0. The van der Waals surface area contributed by atoms with Gasteiger partial charge in [-0.05, 0) is 34.0 Å². The Bertz CT molecular complexity index is 601. The predicted molar refractivity (Wildman–Crippen MR) is 79.6 cm³/mol. The highest BCUT2D eigenvalue weighted by Crippen LogP contribution is 2.32. The van der Waals surface area contributed by atoms with Gasteiger partial charge in [0.15, 0.2) is 5.75 Å². The van der Waals surface area contributed by atoms with Gasteiger partial charge in [0, 0.05) is 12.1 Å². The molecule has 1 unspecified atom stereocenters. The molecule has 2 aromatic heterocycles. The summed E-state index contributed by atoms with van der Waals surface area (Å²) in [5.74, 6) is 2.07. The van der Waals surface area contributed by atoms with Crippen LogP contribution in [0.3, 0.4) is 0 Å². The fourth-order valence-electron chi connectivity index (χ4n) is 2.35. The molecule has 2 aromatic rings. The number of aromatic nitrogens is 2. The summed E-state index contributed by atoms with van der Waals surface area (Å²) < 4.78 is 12.6. The van der Waals surface area contributed by atoms with Gasteiger partial charge in [-0.1, -0.05) is 0 Å². The number of ether oxygens (including phenoxy) is 1. The number of hydrogen-bond donors (Lipinski definition) is 1. The number of furan rings is 1. The van der Waals surface area contributed by atoms with Crippen molar-refractivity contribution in [3.63, 3.8) is 0 Å². The van der Waals surface area contributed by atoms with Crippen molar-refractivity contribution in [3.8, 4) is 5.75 Å². The van der Waals surface area contributed by atoms with Crippen LogP contribution in [0.25, 0.3) is 0 Å². The van der Waals surface area contributed by atoms with E-state index in [0.717, 1.165) is 17.9 Å². The second-order valence-electron chi connectivity index (χ2n) is 5.40. The first-order valence-corrected chi connectivity index (χ1v) is 6.93. The summed E-state index contributed by atoms with van der Waals surface area (Å²) in [6, 6.07) is 1.85. The number of aliphatic hydroxyl groups is 1. The van der Waals surface area contributed by atoms with Crippen molar-refractivity contribution in [2.24, 2.45) is 0 Å². The lowest BCUT2D eigenvalue weighted by Crippen LogP contribution is -2.21. The SMILES string of the molecule is COc1cnn(CCN(C)C)c1C(O)c1cc(C)oc1C. The highest BCUT2D eigenvalue weighted by atomic mass is 16.5. The molecule has 0 fully saturated rings. The smallest absolute Gasteiger partial charge is 0.163 e. The first-order valence-electron chi connectivity index (χ1n) is 6.93. The second kappa shape index (κ2) is 6.32.